The van der Waals surface area contributed by atoms with Crippen molar-refractivity contribution in [2.45, 2.75) is 44.4 Å². The molecule has 2 fully saturated rings. The number of halogens is 3. The van der Waals surface area contributed by atoms with Gasteiger partial charge in [0.25, 0.3) is 0 Å². The molecule has 7 heteroatoms. The van der Waals surface area contributed by atoms with Gasteiger partial charge in [0.1, 0.15) is 5.82 Å². The lowest BCUT2D eigenvalue weighted by molar-refractivity contribution is -0.141. The van der Waals surface area contributed by atoms with Crippen molar-refractivity contribution in [3.63, 3.8) is 0 Å². The van der Waals surface area contributed by atoms with E-state index >= 15 is 0 Å². The molecule has 0 aromatic carbocycles. The van der Waals surface area contributed by atoms with Gasteiger partial charge in [-0.1, -0.05) is 6.92 Å². The smallest absolute Gasteiger partial charge is 0.367 e. The highest BCUT2D eigenvalue weighted by Crippen LogP contribution is 2.38. The molecule has 2 heterocycles. The van der Waals surface area contributed by atoms with E-state index in [1.165, 1.54) is 19.3 Å². The molecule has 0 radical (unpaired) electrons. The molecule has 3 rings (SSSR count). The second kappa shape index (κ2) is 5.44. The van der Waals surface area contributed by atoms with Crippen molar-refractivity contribution in [1.82, 2.24) is 15.3 Å². The first-order valence-electron chi connectivity index (χ1n) is 7.32. The zero-order valence-electron chi connectivity index (χ0n) is 11.8. The van der Waals surface area contributed by atoms with E-state index in [0.29, 0.717) is 30.4 Å². The molecule has 0 amide bonds. The van der Waals surface area contributed by atoms with Crippen LogP contribution in [0.5, 0.6) is 0 Å². The molecule has 4 nitrogen and oxygen atoms in total. The average Bonchev–Trinajstić information content (AvgIpc) is 2.41. The Kier molecular flexibility index (Phi) is 3.77. The van der Waals surface area contributed by atoms with E-state index in [1.807, 2.05) is 0 Å². The lowest BCUT2D eigenvalue weighted by Crippen LogP contribution is -2.58. The van der Waals surface area contributed by atoms with Crippen LogP contribution in [0.3, 0.4) is 0 Å². The van der Waals surface area contributed by atoms with E-state index in [2.05, 4.69) is 27.5 Å². The summed E-state index contributed by atoms with van der Waals surface area (Å²) in [6, 6.07) is 0.947. The van der Waals surface area contributed by atoms with Crippen molar-refractivity contribution in [2.24, 2.45) is 11.8 Å². The summed E-state index contributed by atoms with van der Waals surface area (Å²) in [5.74, 6) is 1.75. The molecule has 2 N–H and O–H groups in total. The number of aromatic nitrogens is 2. The molecule has 0 bridgehead atoms. The molecule has 1 saturated carbocycles. The van der Waals surface area contributed by atoms with E-state index in [0.717, 1.165) is 18.3 Å². The van der Waals surface area contributed by atoms with E-state index < -0.39 is 11.9 Å². The minimum atomic E-state index is -4.44. The number of hydrogen-bond donors (Lipinski definition) is 2. The number of nitrogens with one attached hydrogen (secondary N) is 2. The van der Waals surface area contributed by atoms with Crippen LogP contribution in [-0.2, 0) is 6.18 Å². The molecule has 2 aliphatic rings. The summed E-state index contributed by atoms with van der Waals surface area (Å²) >= 11 is 0. The quantitative estimate of drug-likeness (QED) is 0.901. The molecule has 4 atom stereocenters. The molecule has 1 saturated heterocycles. The zero-order chi connectivity index (χ0) is 15.0. The SMILES string of the molecule is CC1CC2CCC2NC1CNc1cnc(C(F)(F)F)cn1. The van der Waals surface area contributed by atoms with Crippen LogP contribution >= 0.6 is 0 Å². The summed E-state index contributed by atoms with van der Waals surface area (Å²) in [5.41, 5.74) is -0.963. The third kappa shape index (κ3) is 3.12. The molecule has 4 unspecified atom stereocenters. The Bertz CT molecular complexity index is 488. The summed E-state index contributed by atoms with van der Waals surface area (Å²) in [6.45, 7) is 2.87. The largest absolute Gasteiger partial charge is 0.434 e. The standard InChI is InChI=1S/C14H19F3N4/c1-8-4-9-2-3-10(9)21-11(8)5-19-13-7-18-12(6-20-13)14(15,16)17/h6-11,21H,2-5H2,1H3,(H,19,20). The fourth-order valence-corrected chi connectivity index (χ4v) is 3.19. The monoisotopic (exact) mass is 300 g/mol. The maximum atomic E-state index is 12.4. The number of nitrogens with zero attached hydrogens (tertiary/aromatic N) is 2. The molecule has 116 valence electrons. The molecule has 1 aliphatic carbocycles. The van der Waals surface area contributed by atoms with Gasteiger partial charge >= 0.3 is 6.18 Å². The van der Waals surface area contributed by atoms with E-state index in [1.54, 1.807) is 0 Å². The minimum Gasteiger partial charge on any atom is -0.367 e. The number of fused-ring (bicyclic) bond motifs is 1. The molecule has 0 spiro atoms. The summed E-state index contributed by atoms with van der Waals surface area (Å²) in [7, 11) is 0. The van der Waals surface area contributed by atoms with Gasteiger partial charge in [0.15, 0.2) is 5.69 Å². The van der Waals surface area contributed by atoms with Gasteiger partial charge in [-0.05, 0) is 31.1 Å². The average molecular weight is 300 g/mol. The van der Waals surface area contributed by atoms with E-state index in [9.17, 15) is 13.2 Å². The molecule has 1 aliphatic heterocycles. The van der Waals surface area contributed by atoms with Crippen LogP contribution in [0.25, 0.3) is 0 Å². The van der Waals surface area contributed by atoms with Gasteiger partial charge in [0.05, 0.1) is 12.4 Å². The van der Waals surface area contributed by atoms with Crippen molar-refractivity contribution in [3.8, 4) is 0 Å². The Hall–Kier alpha value is -1.37. The third-order valence-corrected chi connectivity index (χ3v) is 4.65. The van der Waals surface area contributed by atoms with Crippen LogP contribution in [0.1, 0.15) is 31.9 Å². The second-order valence-corrected chi connectivity index (χ2v) is 6.10. The van der Waals surface area contributed by atoms with Gasteiger partial charge in [-0.3, -0.25) is 0 Å². The molecule has 1 aromatic heterocycles. The highest BCUT2D eigenvalue weighted by molar-refractivity contribution is 5.31. The number of alkyl halides is 3. The molecular formula is C14H19F3N4. The van der Waals surface area contributed by atoms with Crippen molar-refractivity contribution < 1.29 is 13.2 Å². The van der Waals surface area contributed by atoms with Gasteiger partial charge in [-0.25, -0.2) is 9.97 Å². The summed E-state index contributed by atoms with van der Waals surface area (Å²) < 4.78 is 37.2. The zero-order valence-corrected chi connectivity index (χ0v) is 11.8. The van der Waals surface area contributed by atoms with Crippen molar-refractivity contribution in [3.05, 3.63) is 18.1 Å². The maximum absolute atomic E-state index is 12.4. The first-order chi connectivity index (χ1) is 9.93. The third-order valence-electron chi connectivity index (χ3n) is 4.65. The normalized spacial score (nSPS) is 32.2. The maximum Gasteiger partial charge on any atom is 0.434 e. The first-order valence-corrected chi connectivity index (χ1v) is 7.32. The van der Waals surface area contributed by atoms with Crippen LogP contribution in [0.2, 0.25) is 0 Å². The van der Waals surface area contributed by atoms with Crippen LogP contribution in [0.4, 0.5) is 19.0 Å². The van der Waals surface area contributed by atoms with Gasteiger partial charge in [-0.2, -0.15) is 13.2 Å². The predicted molar refractivity (Wildman–Crippen MR) is 72.7 cm³/mol. The minimum absolute atomic E-state index is 0.329. The van der Waals surface area contributed by atoms with Crippen LogP contribution < -0.4 is 10.6 Å². The molecule has 21 heavy (non-hydrogen) atoms. The number of piperidine rings is 1. The lowest BCUT2D eigenvalue weighted by Gasteiger charge is -2.48. The summed E-state index contributed by atoms with van der Waals surface area (Å²) in [4.78, 5) is 7.18. The number of hydrogen-bond acceptors (Lipinski definition) is 4. The van der Waals surface area contributed by atoms with E-state index in [-0.39, 0.29) is 0 Å². The highest BCUT2D eigenvalue weighted by Gasteiger charge is 2.39. The first kappa shape index (κ1) is 14.6. The fourth-order valence-electron chi connectivity index (χ4n) is 3.19. The van der Waals surface area contributed by atoms with Gasteiger partial charge < -0.3 is 10.6 Å². The Balaban J connectivity index is 1.55. The molecule has 1 aromatic rings. The number of rotatable bonds is 3. The topological polar surface area (TPSA) is 49.8 Å². The Morgan fingerprint density at radius 2 is 2.10 bits per heavy atom. The predicted octanol–water partition coefficient (Wildman–Crippen LogP) is 2.68. The highest BCUT2D eigenvalue weighted by atomic mass is 19.4. The van der Waals surface area contributed by atoms with Crippen molar-refractivity contribution >= 4 is 5.82 Å². The van der Waals surface area contributed by atoms with Gasteiger partial charge in [0, 0.05) is 18.6 Å². The van der Waals surface area contributed by atoms with E-state index in [4.69, 9.17) is 0 Å². The van der Waals surface area contributed by atoms with Crippen molar-refractivity contribution in [2.75, 3.05) is 11.9 Å². The second-order valence-electron chi connectivity index (χ2n) is 6.10. The molecular weight excluding hydrogens is 281 g/mol. The summed E-state index contributed by atoms with van der Waals surface area (Å²) in [5, 5.41) is 6.70. The van der Waals surface area contributed by atoms with Gasteiger partial charge in [0.2, 0.25) is 0 Å². The van der Waals surface area contributed by atoms with Gasteiger partial charge in [-0.15, -0.1) is 0 Å². The van der Waals surface area contributed by atoms with Crippen molar-refractivity contribution in [1.29, 1.82) is 0 Å². The Morgan fingerprint density at radius 1 is 1.29 bits per heavy atom. The van der Waals surface area contributed by atoms with Crippen LogP contribution in [-0.4, -0.2) is 28.6 Å². The Labute approximate surface area is 121 Å². The summed E-state index contributed by atoms with van der Waals surface area (Å²) in [6.07, 6.45) is 1.23. The number of anilines is 1. The van der Waals surface area contributed by atoms with Crippen LogP contribution in [0, 0.1) is 11.8 Å². The lowest BCUT2D eigenvalue weighted by atomic mass is 9.69. The Morgan fingerprint density at radius 3 is 2.67 bits per heavy atom. The van der Waals surface area contributed by atoms with Crippen LogP contribution in [0.15, 0.2) is 12.4 Å². The fraction of sp³-hybridized carbons (Fsp3) is 0.714.